The van der Waals surface area contributed by atoms with Gasteiger partial charge in [-0.1, -0.05) is 62.4 Å². The zero-order valence-electron chi connectivity index (χ0n) is 22.9. The number of aliphatic imine (C=N–C) groups is 1. The molecule has 3 aromatic rings. The van der Waals surface area contributed by atoms with Gasteiger partial charge in [0.05, 0.1) is 13.0 Å². The van der Waals surface area contributed by atoms with Crippen molar-refractivity contribution in [2.45, 2.75) is 50.4 Å². The Kier molecular flexibility index (Phi) is 10.9. The van der Waals surface area contributed by atoms with Gasteiger partial charge >= 0.3 is 3.93 Å². The Labute approximate surface area is 247 Å². The minimum atomic E-state index is -2.91. The van der Waals surface area contributed by atoms with Crippen LogP contribution in [0.4, 0.5) is 8.78 Å². The first kappa shape index (κ1) is 31.3. The Morgan fingerprint density at radius 2 is 1.62 bits per heavy atom. The van der Waals surface area contributed by atoms with E-state index in [-0.39, 0.29) is 24.4 Å². The summed E-state index contributed by atoms with van der Waals surface area (Å²) >= 11 is 1.13. The highest BCUT2D eigenvalue weighted by Gasteiger charge is 2.26. The van der Waals surface area contributed by atoms with Crippen LogP contribution in [0.2, 0.25) is 0 Å². The minimum absolute atomic E-state index is 0.0290. The summed E-state index contributed by atoms with van der Waals surface area (Å²) in [6, 6.07) is 17.5. The number of ether oxygens (including phenoxy) is 1. The molecular weight excluding hydrogens is 629 g/mol. The monoisotopic (exact) mass is 661 g/mol. The van der Waals surface area contributed by atoms with E-state index < -0.39 is 15.7 Å². The fourth-order valence-corrected chi connectivity index (χ4v) is 5.00. The van der Waals surface area contributed by atoms with Gasteiger partial charge in [-0.3, -0.25) is 9.79 Å². The molecule has 0 aliphatic heterocycles. The highest BCUT2D eigenvalue weighted by Crippen LogP contribution is 2.37. The number of halogens is 3. The first-order valence-corrected chi connectivity index (χ1v) is 14.1. The van der Waals surface area contributed by atoms with E-state index in [1.807, 2.05) is 38.1 Å². The first-order valence-electron chi connectivity index (χ1n) is 13.0. The highest BCUT2D eigenvalue weighted by atomic mass is 127. The smallest absolute Gasteiger partial charge is 0.321 e. The Hall–Kier alpha value is -3.21. The van der Waals surface area contributed by atoms with E-state index in [4.69, 9.17) is 4.74 Å². The SMILES string of the molecule is Cc1cc(OCC(CC(C)C)c2ccc(C([O-])=NCCC(=O)N=O)cc2)cc(C)c1-c1ccc(C(F)(F)I)cc1. The lowest BCUT2D eigenvalue weighted by Gasteiger charge is -2.22. The standard InChI is InChI=1S/C31H33F2IN2O4/c1-19(2)15-25(22-5-7-24(8-6-22)30(38)35-14-13-28(37)36-39)18-40-27-16-20(3)29(21(4)17-27)23-9-11-26(12-10-23)31(32,33)34/h5-12,16-17,19,25H,13-15,18H2,1-4H3,(H,35,38)/p-1. The lowest BCUT2D eigenvalue weighted by atomic mass is 9.90. The van der Waals surface area contributed by atoms with Crippen molar-refractivity contribution in [3.05, 3.63) is 93.4 Å². The molecule has 1 atom stereocenters. The van der Waals surface area contributed by atoms with Gasteiger partial charge in [-0.25, -0.2) is 0 Å². The number of hydrogen-bond acceptors (Lipinski definition) is 5. The molecule has 6 nitrogen and oxygen atoms in total. The number of amides is 1. The van der Waals surface area contributed by atoms with Crippen LogP contribution in [0.25, 0.3) is 11.1 Å². The van der Waals surface area contributed by atoms with Crippen LogP contribution in [0.15, 0.2) is 70.8 Å². The van der Waals surface area contributed by atoms with Crippen molar-refractivity contribution >= 4 is 34.4 Å². The molecule has 0 radical (unpaired) electrons. The van der Waals surface area contributed by atoms with Crippen molar-refractivity contribution in [2.75, 3.05) is 13.2 Å². The second kappa shape index (κ2) is 13.9. The number of aryl methyl sites for hydroxylation is 2. The molecule has 40 heavy (non-hydrogen) atoms. The summed E-state index contributed by atoms with van der Waals surface area (Å²) in [5.41, 5.74) is 5.24. The maximum Gasteiger partial charge on any atom is 0.321 e. The predicted molar refractivity (Wildman–Crippen MR) is 160 cm³/mol. The lowest BCUT2D eigenvalue weighted by molar-refractivity contribution is -0.213. The summed E-state index contributed by atoms with van der Waals surface area (Å²) in [5, 5.41) is 14.6. The van der Waals surface area contributed by atoms with E-state index >= 15 is 0 Å². The lowest BCUT2D eigenvalue weighted by Crippen LogP contribution is -2.20. The van der Waals surface area contributed by atoms with Crippen LogP contribution in [0.5, 0.6) is 5.75 Å². The molecule has 0 saturated carbocycles. The van der Waals surface area contributed by atoms with E-state index in [1.54, 1.807) is 24.3 Å². The quantitative estimate of drug-likeness (QED) is 0.0663. The maximum atomic E-state index is 13.6. The molecule has 0 aliphatic carbocycles. The van der Waals surface area contributed by atoms with Crippen LogP contribution in [-0.4, -0.2) is 25.0 Å². The Morgan fingerprint density at radius 3 is 2.15 bits per heavy atom. The van der Waals surface area contributed by atoms with Crippen molar-refractivity contribution < 1.29 is 23.4 Å². The maximum absolute atomic E-state index is 13.6. The molecule has 3 aromatic carbocycles. The van der Waals surface area contributed by atoms with E-state index in [2.05, 4.69) is 24.0 Å². The average Bonchev–Trinajstić information content (AvgIpc) is 2.90. The molecule has 0 aliphatic rings. The molecule has 0 spiro atoms. The number of carbonyl (C=O) groups is 1. The third-order valence-electron chi connectivity index (χ3n) is 6.53. The summed E-state index contributed by atoms with van der Waals surface area (Å²) in [6.45, 7) is 8.60. The Bertz CT molecular complexity index is 1330. The van der Waals surface area contributed by atoms with Gasteiger partial charge in [-0.2, -0.15) is 8.78 Å². The molecule has 3 rings (SSSR count). The minimum Gasteiger partial charge on any atom is -0.858 e. The largest absolute Gasteiger partial charge is 0.858 e. The fourth-order valence-electron chi connectivity index (χ4n) is 4.64. The van der Waals surface area contributed by atoms with Gasteiger partial charge in [-0.15, -0.1) is 4.91 Å². The molecular formula is C31H32F2IN2O4-. The number of nitroso groups, excluding NO2 is 1. The van der Waals surface area contributed by atoms with E-state index in [1.165, 1.54) is 12.1 Å². The molecule has 0 N–H and O–H groups in total. The van der Waals surface area contributed by atoms with Crippen molar-refractivity contribution in [1.29, 1.82) is 0 Å². The first-order chi connectivity index (χ1) is 18.9. The topological polar surface area (TPSA) is 91.2 Å². The molecule has 9 heteroatoms. The Morgan fingerprint density at radius 1 is 1.02 bits per heavy atom. The predicted octanol–water partition coefficient (Wildman–Crippen LogP) is 7.45. The van der Waals surface area contributed by atoms with Crippen molar-refractivity contribution in [1.82, 2.24) is 0 Å². The molecule has 1 unspecified atom stereocenters. The number of rotatable bonds is 12. The second-order valence-electron chi connectivity index (χ2n) is 10.2. The number of alkyl halides is 3. The van der Waals surface area contributed by atoms with Crippen LogP contribution in [-0.2, 0) is 8.72 Å². The number of nitrogens with zero attached hydrogens (tertiary/aromatic N) is 2. The third kappa shape index (κ3) is 8.64. The average molecular weight is 662 g/mol. The van der Waals surface area contributed by atoms with Crippen LogP contribution >= 0.6 is 22.6 Å². The zero-order chi connectivity index (χ0) is 29.4. The van der Waals surface area contributed by atoms with Crippen LogP contribution in [0, 0.1) is 24.7 Å². The summed E-state index contributed by atoms with van der Waals surface area (Å²) in [6.07, 6.45) is 0.688. The van der Waals surface area contributed by atoms with Gasteiger partial charge in [-0.05, 0) is 77.6 Å². The van der Waals surface area contributed by atoms with E-state index in [9.17, 15) is 23.6 Å². The van der Waals surface area contributed by atoms with Crippen molar-refractivity contribution in [2.24, 2.45) is 16.1 Å². The van der Waals surface area contributed by atoms with Crippen LogP contribution < -0.4 is 9.84 Å². The van der Waals surface area contributed by atoms with Gasteiger partial charge in [0.25, 0.3) is 5.91 Å². The van der Waals surface area contributed by atoms with E-state index in [0.29, 0.717) is 18.1 Å². The van der Waals surface area contributed by atoms with Gasteiger partial charge < -0.3 is 9.84 Å². The molecule has 0 heterocycles. The highest BCUT2D eigenvalue weighted by molar-refractivity contribution is 14.1. The summed E-state index contributed by atoms with van der Waals surface area (Å²) < 4.78 is 30.6. The molecule has 0 bridgehead atoms. The molecule has 1 amide bonds. The molecule has 0 saturated heterocycles. The number of hydrogen-bond donors (Lipinski definition) is 0. The zero-order valence-corrected chi connectivity index (χ0v) is 25.1. The van der Waals surface area contributed by atoms with Gasteiger partial charge in [0.2, 0.25) is 0 Å². The molecule has 0 aromatic heterocycles. The Balaban J connectivity index is 1.74. The summed E-state index contributed by atoms with van der Waals surface area (Å²) in [5.74, 6) is -0.0580. The van der Waals surface area contributed by atoms with Gasteiger partial charge in [0.1, 0.15) is 5.75 Å². The van der Waals surface area contributed by atoms with Gasteiger partial charge in [0, 0.05) is 45.8 Å². The number of benzene rings is 3. The molecule has 212 valence electrons. The normalized spacial score (nSPS) is 12.8. The van der Waals surface area contributed by atoms with Crippen LogP contribution in [0.1, 0.15) is 60.4 Å². The summed E-state index contributed by atoms with van der Waals surface area (Å²) in [7, 11) is 0. The second-order valence-corrected chi connectivity index (χ2v) is 11.5. The van der Waals surface area contributed by atoms with Crippen molar-refractivity contribution in [3.8, 4) is 16.9 Å². The fraction of sp³-hybridized carbons (Fsp3) is 0.355. The number of carbonyl (C=O) groups excluding carboxylic acids is 1. The van der Waals surface area contributed by atoms with Crippen LogP contribution in [0.3, 0.4) is 0 Å². The van der Waals surface area contributed by atoms with Crippen molar-refractivity contribution in [3.63, 3.8) is 0 Å². The van der Waals surface area contributed by atoms with Gasteiger partial charge in [0.15, 0.2) is 0 Å². The third-order valence-corrected chi connectivity index (χ3v) is 7.15. The summed E-state index contributed by atoms with van der Waals surface area (Å²) in [4.78, 5) is 25.0. The van der Waals surface area contributed by atoms with E-state index in [0.717, 1.165) is 62.6 Å². The molecule has 0 fully saturated rings.